The lowest BCUT2D eigenvalue weighted by atomic mass is 10.1. The van der Waals surface area contributed by atoms with Gasteiger partial charge in [-0.05, 0) is 30.5 Å². The molecule has 1 heterocycles. The summed E-state index contributed by atoms with van der Waals surface area (Å²) in [5.74, 6) is 0. The summed E-state index contributed by atoms with van der Waals surface area (Å²) in [6.07, 6.45) is 2.09. The number of benzene rings is 1. The Morgan fingerprint density at radius 2 is 2.00 bits per heavy atom. The van der Waals surface area contributed by atoms with Gasteiger partial charge in [0.2, 0.25) is 0 Å². The first kappa shape index (κ1) is 12.4. The Hall–Kier alpha value is -1.06. The molecule has 17 heavy (non-hydrogen) atoms. The fraction of sp³-hybridized carbons (Fsp3) is 0.571. The molecule has 1 aliphatic heterocycles. The largest absolute Gasteiger partial charge is 0.380 e. The van der Waals surface area contributed by atoms with Crippen molar-refractivity contribution in [3.63, 3.8) is 0 Å². The minimum absolute atomic E-state index is 0.163. The molecular weight excluding hydrogens is 212 g/mol. The van der Waals surface area contributed by atoms with E-state index in [1.54, 1.807) is 0 Å². The van der Waals surface area contributed by atoms with E-state index >= 15 is 0 Å². The van der Waals surface area contributed by atoms with E-state index in [0.29, 0.717) is 0 Å². The van der Waals surface area contributed by atoms with Gasteiger partial charge in [0.1, 0.15) is 0 Å². The maximum Gasteiger partial charge on any atom is 0.0641 e. The quantitative estimate of drug-likeness (QED) is 0.872. The molecule has 0 saturated carbocycles. The van der Waals surface area contributed by atoms with Crippen LogP contribution in [-0.4, -0.2) is 26.3 Å². The van der Waals surface area contributed by atoms with E-state index in [0.717, 1.165) is 39.1 Å². The predicted molar refractivity (Wildman–Crippen MR) is 71.3 cm³/mol. The standard InChI is InChI=1S/C14H22N2O/c1-2-14(15)12-4-6-13(7-5-12)16-8-3-10-17-11-9-16/h4-7,14H,2-3,8-11,15H2,1H3. The lowest BCUT2D eigenvalue weighted by Crippen LogP contribution is -2.25. The zero-order valence-corrected chi connectivity index (χ0v) is 10.6. The number of hydrogen-bond donors (Lipinski definition) is 1. The van der Waals surface area contributed by atoms with E-state index in [4.69, 9.17) is 10.5 Å². The van der Waals surface area contributed by atoms with Crippen molar-refractivity contribution in [2.75, 3.05) is 31.2 Å². The highest BCUT2D eigenvalue weighted by atomic mass is 16.5. The predicted octanol–water partition coefficient (Wildman–Crippen LogP) is 2.32. The molecule has 2 rings (SSSR count). The zero-order chi connectivity index (χ0) is 12.1. The molecular formula is C14H22N2O. The summed E-state index contributed by atoms with van der Waals surface area (Å²) in [5, 5.41) is 0. The molecule has 0 spiro atoms. The topological polar surface area (TPSA) is 38.5 Å². The fourth-order valence-electron chi connectivity index (χ4n) is 2.17. The molecule has 0 aromatic heterocycles. The van der Waals surface area contributed by atoms with Gasteiger partial charge in [0, 0.05) is 31.4 Å². The van der Waals surface area contributed by atoms with Crippen molar-refractivity contribution in [1.29, 1.82) is 0 Å². The second-order valence-electron chi connectivity index (χ2n) is 4.56. The first-order valence-corrected chi connectivity index (χ1v) is 6.49. The van der Waals surface area contributed by atoms with Crippen LogP contribution in [0.25, 0.3) is 0 Å². The monoisotopic (exact) mass is 234 g/mol. The third-order valence-corrected chi connectivity index (χ3v) is 3.35. The van der Waals surface area contributed by atoms with Crippen LogP contribution in [0.4, 0.5) is 5.69 Å². The van der Waals surface area contributed by atoms with Crippen molar-refractivity contribution in [2.45, 2.75) is 25.8 Å². The first-order valence-electron chi connectivity index (χ1n) is 6.49. The van der Waals surface area contributed by atoms with Crippen LogP contribution in [0.2, 0.25) is 0 Å². The molecule has 1 unspecified atom stereocenters. The summed E-state index contributed by atoms with van der Waals surface area (Å²) in [6, 6.07) is 8.81. The van der Waals surface area contributed by atoms with E-state index < -0.39 is 0 Å². The molecule has 0 bridgehead atoms. The third kappa shape index (κ3) is 3.20. The molecule has 3 nitrogen and oxygen atoms in total. The normalized spacial score (nSPS) is 18.8. The highest BCUT2D eigenvalue weighted by Crippen LogP contribution is 2.20. The molecule has 1 saturated heterocycles. The van der Waals surface area contributed by atoms with Crippen LogP contribution in [0.3, 0.4) is 0 Å². The number of hydrogen-bond acceptors (Lipinski definition) is 3. The lowest BCUT2D eigenvalue weighted by molar-refractivity contribution is 0.152. The molecule has 1 atom stereocenters. The van der Waals surface area contributed by atoms with Crippen molar-refractivity contribution in [3.05, 3.63) is 29.8 Å². The van der Waals surface area contributed by atoms with Crippen molar-refractivity contribution in [2.24, 2.45) is 5.73 Å². The third-order valence-electron chi connectivity index (χ3n) is 3.35. The van der Waals surface area contributed by atoms with Crippen molar-refractivity contribution >= 4 is 5.69 Å². The summed E-state index contributed by atoms with van der Waals surface area (Å²) in [6.45, 7) is 5.90. The zero-order valence-electron chi connectivity index (χ0n) is 10.6. The fourth-order valence-corrected chi connectivity index (χ4v) is 2.17. The Balaban J connectivity index is 2.05. The van der Waals surface area contributed by atoms with Gasteiger partial charge in [0.05, 0.1) is 6.61 Å². The molecule has 94 valence electrons. The van der Waals surface area contributed by atoms with Crippen LogP contribution in [0, 0.1) is 0 Å². The summed E-state index contributed by atoms with van der Waals surface area (Å²) in [7, 11) is 0. The highest BCUT2D eigenvalue weighted by molar-refractivity contribution is 5.48. The van der Waals surface area contributed by atoms with Crippen LogP contribution in [0.5, 0.6) is 0 Å². The van der Waals surface area contributed by atoms with Gasteiger partial charge in [-0.1, -0.05) is 19.1 Å². The molecule has 1 aliphatic rings. The minimum atomic E-state index is 0.163. The smallest absolute Gasteiger partial charge is 0.0641 e. The Morgan fingerprint density at radius 1 is 1.24 bits per heavy atom. The molecule has 0 aliphatic carbocycles. The van der Waals surface area contributed by atoms with Gasteiger partial charge in [0.25, 0.3) is 0 Å². The van der Waals surface area contributed by atoms with Crippen molar-refractivity contribution < 1.29 is 4.74 Å². The number of nitrogens with two attached hydrogens (primary N) is 1. The highest BCUT2D eigenvalue weighted by Gasteiger charge is 2.10. The van der Waals surface area contributed by atoms with Gasteiger partial charge >= 0.3 is 0 Å². The van der Waals surface area contributed by atoms with Gasteiger partial charge in [-0.3, -0.25) is 0 Å². The molecule has 1 aromatic carbocycles. The maximum atomic E-state index is 6.01. The van der Waals surface area contributed by atoms with Crippen LogP contribution < -0.4 is 10.6 Å². The van der Waals surface area contributed by atoms with Gasteiger partial charge in [-0.25, -0.2) is 0 Å². The summed E-state index contributed by atoms with van der Waals surface area (Å²) in [5.41, 5.74) is 8.52. The molecule has 0 amide bonds. The summed E-state index contributed by atoms with van der Waals surface area (Å²) < 4.78 is 5.46. The van der Waals surface area contributed by atoms with E-state index in [-0.39, 0.29) is 6.04 Å². The van der Waals surface area contributed by atoms with Crippen molar-refractivity contribution in [1.82, 2.24) is 0 Å². The minimum Gasteiger partial charge on any atom is -0.380 e. The number of ether oxygens (including phenoxy) is 1. The van der Waals surface area contributed by atoms with Crippen molar-refractivity contribution in [3.8, 4) is 0 Å². The van der Waals surface area contributed by atoms with E-state index in [9.17, 15) is 0 Å². The van der Waals surface area contributed by atoms with Crippen LogP contribution in [-0.2, 0) is 4.74 Å². The maximum absolute atomic E-state index is 6.01. The second-order valence-corrected chi connectivity index (χ2v) is 4.56. The lowest BCUT2D eigenvalue weighted by Gasteiger charge is -2.22. The number of anilines is 1. The van der Waals surface area contributed by atoms with E-state index in [1.807, 2.05) is 0 Å². The van der Waals surface area contributed by atoms with Gasteiger partial charge in [-0.2, -0.15) is 0 Å². The van der Waals surface area contributed by atoms with Crippen LogP contribution >= 0.6 is 0 Å². The van der Waals surface area contributed by atoms with Gasteiger partial charge in [0.15, 0.2) is 0 Å². The molecule has 3 heteroatoms. The van der Waals surface area contributed by atoms with Gasteiger partial charge < -0.3 is 15.4 Å². The Labute approximate surface area is 104 Å². The summed E-state index contributed by atoms with van der Waals surface area (Å²) >= 11 is 0. The Kier molecular flexibility index (Phi) is 4.40. The average molecular weight is 234 g/mol. The first-order chi connectivity index (χ1) is 8.31. The van der Waals surface area contributed by atoms with Gasteiger partial charge in [-0.15, -0.1) is 0 Å². The second kappa shape index (κ2) is 6.03. The van der Waals surface area contributed by atoms with Crippen LogP contribution in [0.15, 0.2) is 24.3 Å². The molecule has 1 fully saturated rings. The van der Waals surface area contributed by atoms with E-state index in [1.165, 1.54) is 11.3 Å². The molecule has 1 aromatic rings. The molecule has 0 radical (unpaired) electrons. The number of nitrogens with zero attached hydrogens (tertiary/aromatic N) is 1. The average Bonchev–Trinajstić information content (AvgIpc) is 2.67. The Bertz CT molecular complexity index is 329. The Morgan fingerprint density at radius 3 is 2.71 bits per heavy atom. The van der Waals surface area contributed by atoms with E-state index in [2.05, 4.69) is 36.1 Å². The number of rotatable bonds is 3. The van der Waals surface area contributed by atoms with Crippen LogP contribution in [0.1, 0.15) is 31.4 Å². The SMILES string of the molecule is CCC(N)c1ccc(N2CCCOCC2)cc1. The molecule has 2 N–H and O–H groups in total. The summed E-state index contributed by atoms with van der Waals surface area (Å²) in [4.78, 5) is 2.38.